The third kappa shape index (κ3) is 4.22. The summed E-state index contributed by atoms with van der Waals surface area (Å²) in [5.41, 5.74) is 2.16. The number of anilines is 1. The van der Waals surface area contributed by atoms with Crippen molar-refractivity contribution in [2.24, 2.45) is 0 Å². The molecular formula is C21H26N6O2S. The van der Waals surface area contributed by atoms with Crippen LogP contribution in [0.2, 0.25) is 0 Å². The van der Waals surface area contributed by atoms with E-state index in [1.807, 2.05) is 24.3 Å². The van der Waals surface area contributed by atoms with Gasteiger partial charge >= 0.3 is 0 Å². The normalized spacial score (nSPS) is 19.1. The predicted molar refractivity (Wildman–Crippen MR) is 114 cm³/mol. The topological polar surface area (TPSA) is 82.1 Å². The summed E-state index contributed by atoms with van der Waals surface area (Å²) in [6.45, 7) is 5.78. The van der Waals surface area contributed by atoms with Crippen molar-refractivity contribution in [1.29, 1.82) is 0 Å². The van der Waals surface area contributed by atoms with E-state index in [0.29, 0.717) is 17.5 Å². The highest BCUT2D eigenvalue weighted by atomic mass is 32.2. The van der Waals surface area contributed by atoms with Gasteiger partial charge in [0.25, 0.3) is 0 Å². The molecular weight excluding hydrogens is 400 g/mol. The molecule has 0 bridgehead atoms. The van der Waals surface area contributed by atoms with E-state index in [1.54, 1.807) is 11.8 Å². The summed E-state index contributed by atoms with van der Waals surface area (Å²) >= 11 is 1.58. The number of thioether (sulfide) groups is 1. The molecule has 0 saturated carbocycles. The molecule has 30 heavy (non-hydrogen) atoms. The molecule has 2 aliphatic rings. The fraction of sp³-hybridized carbons (Fsp3) is 0.524. The van der Waals surface area contributed by atoms with Crippen LogP contribution in [-0.2, 0) is 17.0 Å². The number of rotatable bonds is 7. The van der Waals surface area contributed by atoms with Gasteiger partial charge in [0.05, 0.1) is 18.4 Å². The van der Waals surface area contributed by atoms with Crippen LogP contribution in [0, 0.1) is 6.92 Å². The number of ether oxygens (including phenoxy) is 1. The van der Waals surface area contributed by atoms with E-state index < -0.39 is 0 Å². The lowest BCUT2D eigenvalue weighted by Crippen LogP contribution is -2.25. The zero-order valence-corrected chi connectivity index (χ0v) is 18.0. The Bertz CT molecular complexity index is 974. The molecule has 8 nitrogen and oxygen atoms in total. The summed E-state index contributed by atoms with van der Waals surface area (Å²) in [5.74, 6) is 2.72. The average Bonchev–Trinajstić information content (AvgIpc) is 3.55. The van der Waals surface area contributed by atoms with Gasteiger partial charge in [-0.25, -0.2) is 0 Å². The highest BCUT2D eigenvalue weighted by Gasteiger charge is 2.25. The second kappa shape index (κ2) is 8.77. The summed E-state index contributed by atoms with van der Waals surface area (Å²) < 4.78 is 13.6. The Morgan fingerprint density at radius 1 is 1.10 bits per heavy atom. The summed E-state index contributed by atoms with van der Waals surface area (Å²) in [4.78, 5) is 6.88. The first-order chi connectivity index (χ1) is 14.8. The zero-order valence-electron chi connectivity index (χ0n) is 17.2. The molecule has 0 N–H and O–H groups in total. The minimum absolute atomic E-state index is 0.234. The number of hydrogen-bond donors (Lipinski definition) is 0. The highest BCUT2D eigenvalue weighted by Crippen LogP contribution is 2.29. The van der Waals surface area contributed by atoms with Gasteiger partial charge in [-0.2, -0.15) is 4.98 Å². The molecule has 2 saturated heterocycles. The van der Waals surface area contributed by atoms with Gasteiger partial charge in [-0.1, -0.05) is 46.7 Å². The Labute approximate surface area is 180 Å². The maximum atomic E-state index is 5.88. The van der Waals surface area contributed by atoms with Gasteiger partial charge < -0.3 is 14.2 Å². The maximum absolute atomic E-state index is 5.88. The van der Waals surface area contributed by atoms with Crippen molar-refractivity contribution in [3.05, 3.63) is 35.7 Å². The van der Waals surface area contributed by atoms with E-state index in [4.69, 9.17) is 9.26 Å². The summed E-state index contributed by atoms with van der Waals surface area (Å²) in [6, 6.07) is 8.12. The number of nitrogens with zero attached hydrogens (tertiary/aromatic N) is 6. The van der Waals surface area contributed by atoms with Gasteiger partial charge in [0.1, 0.15) is 0 Å². The van der Waals surface area contributed by atoms with Crippen LogP contribution in [0.5, 0.6) is 0 Å². The average molecular weight is 427 g/mol. The Kier molecular flexibility index (Phi) is 5.72. The quantitative estimate of drug-likeness (QED) is 0.529. The van der Waals surface area contributed by atoms with Crippen LogP contribution in [0.15, 0.2) is 33.9 Å². The van der Waals surface area contributed by atoms with Crippen LogP contribution in [0.3, 0.4) is 0 Å². The van der Waals surface area contributed by atoms with Gasteiger partial charge in [0.2, 0.25) is 17.7 Å². The van der Waals surface area contributed by atoms with Crippen LogP contribution >= 0.6 is 11.8 Å². The van der Waals surface area contributed by atoms with Gasteiger partial charge in [0.15, 0.2) is 5.16 Å². The van der Waals surface area contributed by atoms with Crippen LogP contribution < -0.4 is 4.90 Å². The molecule has 5 rings (SSSR count). The number of aromatic nitrogens is 5. The standard InChI is InChI=1S/C21H26N6O2S/c1-15-6-8-16(9-7-15)19-22-18(29-25-19)14-30-21-24-23-20(26-10-2-3-11-26)27(21)13-17-5-4-12-28-17/h6-9,17H,2-5,10-14H2,1H3/t17-/m0/s1. The molecule has 9 heteroatoms. The molecule has 1 atom stereocenters. The van der Waals surface area contributed by atoms with E-state index >= 15 is 0 Å². The first kappa shape index (κ1) is 19.6. The van der Waals surface area contributed by atoms with Gasteiger partial charge in [-0.15, -0.1) is 10.2 Å². The minimum Gasteiger partial charge on any atom is -0.376 e. The van der Waals surface area contributed by atoms with Gasteiger partial charge in [0, 0.05) is 25.3 Å². The van der Waals surface area contributed by atoms with Gasteiger partial charge in [-0.05, 0) is 32.6 Å². The minimum atomic E-state index is 0.234. The predicted octanol–water partition coefficient (Wildman–Crippen LogP) is 3.71. The van der Waals surface area contributed by atoms with E-state index in [2.05, 4.69) is 36.7 Å². The first-order valence-electron chi connectivity index (χ1n) is 10.6. The SMILES string of the molecule is Cc1ccc(-c2noc(CSc3nnc(N4CCCC4)n3C[C@@H]3CCCO3)n2)cc1. The molecule has 3 aromatic rings. The van der Waals surface area contributed by atoms with Crippen LogP contribution in [-0.4, -0.2) is 50.7 Å². The van der Waals surface area contributed by atoms with Crippen LogP contribution in [0.25, 0.3) is 11.4 Å². The van der Waals surface area contributed by atoms with E-state index in [-0.39, 0.29) is 6.10 Å². The molecule has 0 amide bonds. The summed E-state index contributed by atoms with van der Waals surface area (Å²) in [7, 11) is 0. The molecule has 1 aromatic carbocycles. The molecule has 4 heterocycles. The van der Waals surface area contributed by atoms with E-state index in [9.17, 15) is 0 Å². The third-order valence-corrected chi connectivity index (χ3v) is 6.55. The Morgan fingerprint density at radius 3 is 2.70 bits per heavy atom. The second-order valence-corrected chi connectivity index (χ2v) is 8.83. The smallest absolute Gasteiger partial charge is 0.237 e. The van der Waals surface area contributed by atoms with Crippen LogP contribution in [0.1, 0.15) is 37.1 Å². The van der Waals surface area contributed by atoms with Crippen LogP contribution in [0.4, 0.5) is 5.95 Å². The first-order valence-corrected chi connectivity index (χ1v) is 11.6. The number of benzene rings is 1. The maximum Gasteiger partial charge on any atom is 0.237 e. The molecule has 158 valence electrons. The molecule has 2 aliphatic heterocycles. The fourth-order valence-electron chi connectivity index (χ4n) is 3.95. The fourth-order valence-corrected chi connectivity index (χ4v) is 4.73. The molecule has 0 aliphatic carbocycles. The monoisotopic (exact) mass is 426 g/mol. The Hall–Kier alpha value is -2.39. The van der Waals surface area contributed by atoms with Crippen molar-refractivity contribution in [2.45, 2.75) is 56.2 Å². The van der Waals surface area contributed by atoms with Crippen molar-refractivity contribution in [3.8, 4) is 11.4 Å². The highest BCUT2D eigenvalue weighted by molar-refractivity contribution is 7.98. The summed E-state index contributed by atoms with van der Waals surface area (Å²) in [6.07, 6.45) is 4.86. The Morgan fingerprint density at radius 2 is 1.93 bits per heavy atom. The lowest BCUT2D eigenvalue weighted by molar-refractivity contribution is 0.0952. The largest absolute Gasteiger partial charge is 0.376 e. The molecule has 2 aromatic heterocycles. The number of aryl methyl sites for hydroxylation is 1. The molecule has 2 fully saturated rings. The van der Waals surface area contributed by atoms with Crippen molar-refractivity contribution >= 4 is 17.7 Å². The van der Waals surface area contributed by atoms with Gasteiger partial charge in [-0.3, -0.25) is 4.57 Å². The zero-order chi connectivity index (χ0) is 20.3. The lowest BCUT2D eigenvalue weighted by Gasteiger charge is -2.20. The van der Waals surface area contributed by atoms with Crippen molar-refractivity contribution < 1.29 is 9.26 Å². The van der Waals surface area contributed by atoms with E-state index in [1.165, 1.54) is 18.4 Å². The third-order valence-electron chi connectivity index (χ3n) is 5.60. The molecule has 0 radical (unpaired) electrons. The molecule has 0 spiro atoms. The van der Waals surface area contributed by atoms with Crippen molar-refractivity contribution in [1.82, 2.24) is 24.9 Å². The second-order valence-electron chi connectivity index (χ2n) is 7.89. The van der Waals surface area contributed by atoms with Crippen molar-refractivity contribution in [3.63, 3.8) is 0 Å². The Balaban J connectivity index is 1.31. The van der Waals surface area contributed by atoms with E-state index in [0.717, 1.165) is 55.8 Å². The van der Waals surface area contributed by atoms with Crippen molar-refractivity contribution in [2.75, 3.05) is 24.6 Å². The lowest BCUT2D eigenvalue weighted by atomic mass is 10.1. The number of hydrogen-bond acceptors (Lipinski definition) is 8. The molecule has 0 unspecified atom stereocenters. The summed E-state index contributed by atoms with van der Waals surface area (Å²) in [5, 5.41) is 14.0.